The van der Waals surface area contributed by atoms with E-state index in [2.05, 4.69) is 22.9 Å². The van der Waals surface area contributed by atoms with Crippen molar-refractivity contribution in [1.82, 2.24) is 4.90 Å². The minimum absolute atomic E-state index is 0.121. The number of carbonyl (C=O) groups is 2. The van der Waals surface area contributed by atoms with E-state index in [1.54, 1.807) is 9.80 Å². The Morgan fingerprint density at radius 1 is 1.12 bits per heavy atom. The highest BCUT2D eigenvalue weighted by atomic mass is 79.9. The van der Waals surface area contributed by atoms with Crippen molar-refractivity contribution >= 4 is 67.3 Å². The Balaban J connectivity index is 2.03. The molecule has 2 aliphatic heterocycles. The van der Waals surface area contributed by atoms with Gasteiger partial charge in [-0.05, 0) is 31.5 Å². The van der Waals surface area contributed by atoms with Crippen molar-refractivity contribution < 1.29 is 9.59 Å². The van der Waals surface area contributed by atoms with Crippen LogP contribution in [0.15, 0.2) is 27.6 Å². The SMILES string of the molecule is CCCCCN1C(=O)/C(=C2/C(=O)N(CC)c3ccc(Br)cc32)SC1=S. The molecule has 0 spiro atoms. The number of thioether (sulfide) groups is 1. The fourth-order valence-corrected chi connectivity index (χ4v) is 4.84. The predicted molar refractivity (Wildman–Crippen MR) is 111 cm³/mol. The Morgan fingerprint density at radius 2 is 1.88 bits per heavy atom. The highest BCUT2D eigenvalue weighted by molar-refractivity contribution is 9.10. The zero-order chi connectivity index (χ0) is 18.1. The van der Waals surface area contributed by atoms with Gasteiger partial charge >= 0.3 is 0 Å². The van der Waals surface area contributed by atoms with E-state index in [0.29, 0.717) is 27.9 Å². The molecule has 0 aliphatic carbocycles. The van der Waals surface area contributed by atoms with Crippen LogP contribution in [-0.4, -0.2) is 34.1 Å². The molecule has 0 radical (unpaired) electrons. The van der Waals surface area contributed by atoms with Crippen LogP contribution in [0.3, 0.4) is 0 Å². The summed E-state index contributed by atoms with van der Waals surface area (Å²) in [6.07, 6.45) is 3.06. The minimum Gasteiger partial charge on any atom is -0.308 e. The Hall–Kier alpha value is -1.18. The maximum absolute atomic E-state index is 12.9. The first-order valence-electron chi connectivity index (χ1n) is 8.39. The molecule has 2 amide bonds. The van der Waals surface area contributed by atoms with Gasteiger partial charge in [0.2, 0.25) is 0 Å². The lowest BCUT2D eigenvalue weighted by molar-refractivity contribution is -0.122. The monoisotopic (exact) mass is 438 g/mol. The van der Waals surface area contributed by atoms with Crippen LogP contribution in [0.5, 0.6) is 0 Å². The number of rotatable bonds is 5. The molecule has 2 heterocycles. The van der Waals surface area contributed by atoms with Gasteiger partial charge in [-0.3, -0.25) is 14.5 Å². The molecule has 4 nitrogen and oxygen atoms in total. The van der Waals surface area contributed by atoms with Gasteiger partial charge in [-0.2, -0.15) is 0 Å². The number of likely N-dealkylation sites (N-methyl/N-ethyl adjacent to an activating group) is 1. The summed E-state index contributed by atoms with van der Waals surface area (Å²) in [7, 11) is 0. The fourth-order valence-electron chi connectivity index (χ4n) is 3.10. The minimum atomic E-state index is -0.140. The van der Waals surface area contributed by atoms with Crippen LogP contribution in [0.25, 0.3) is 5.57 Å². The fraction of sp³-hybridized carbons (Fsp3) is 0.389. The normalized spacial score (nSPS) is 20.0. The number of carbonyl (C=O) groups excluding carboxylic acids is 2. The largest absolute Gasteiger partial charge is 0.308 e. The van der Waals surface area contributed by atoms with E-state index in [4.69, 9.17) is 12.2 Å². The van der Waals surface area contributed by atoms with Crippen molar-refractivity contribution in [3.05, 3.63) is 33.1 Å². The molecule has 0 aromatic heterocycles. The average molecular weight is 439 g/mol. The van der Waals surface area contributed by atoms with Crippen LogP contribution >= 0.6 is 39.9 Å². The second-order valence-corrected chi connectivity index (χ2v) is 8.51. The van der Waals surface area contributed by atoms with Gasteiger partial charge < -0.3 is 4.90 Å². The first-order valence-corrected chi connectivity index (χ1v) is 10.4. The molecule has 0 unspecified atom stereocenters. The first kappa shape index (κ1) is 18.6. The number of unbranched alkanes of at least 4 members (excludes halogenated alkanes) is 2. The third-order valence-electron chi connectivity index (χ3n) is 4.36. The van der Waals surface area contributed by atoms with Crippen LogP contribution in [0.1, 0.15) is 38.7 Å². The lowest BCUT2D eigenvalue weighted by Crippen LogP contribution is -2.30. The second-order valence-electron chi connectivity index (χ2n) is 5.95. The molecule has 0 N–H and O–H groups in total. The Kier molecular flexibility index (Phi) is 5.65. The van der Waals surface area contributed by atoms with E-state index < -0.39 is 0 Å². The molecule has 1 aromatic carbocycles. The highest BCUT2D eigenvalue weighted by Gasteiger charge is 2.41. The van der Waals surface area contributed by atoms with Crippen LogP contribution in [0.2, 0.25) is 0 Å². The van der Waals surface area contributed by atoms with Crippen LogP contribution in [0.4, 0.5) is 5.69 Å². The van der Waals surface area contributed by atoms with Crippen LogP contribution in [-0.2, 0) is 9.59 Å². The number of fused-ring (bicyclic) bond motifs is 1. The lowest BCUT2D eigenvalue weighted by Gasteiger charge is -2.14. The molecule has 2 aliphatic rings. The molecule has 1 saturated heterocycles. The number of hydrogen-bond donors (Lipinski definition) is 0. The topological polar surface area (TPSA) is 40.6 Å². The molecule has 1 aromatic rings. The molecule has 3 rings (SSSR count). The van der Waals surface area contributed by atoms with Gasteiger partial charge in [-0.25, -0.2) is 0 Å². The summed E-state index contributed by atoms with van der Waals surface area (Å²) in [5.41, 5.74) is 2.13. The Bertz CT molecular complexity index is 791. The van der Waals surface area contributed by atoms with Gasteiger partial charge in [-0.1, -0.05) is 59.7 Å². The summed E-state index contributed by atoms with van der Waals surface area (Å²) in [5, 5.41) is 0. The van der Waals surface area contributed by atoms with Gasteiger partial charge in [0.1, 0.15) is 4.32 Å². The zero-order valence-electron chi connectivity index (χ0n) is 14.2. The summed E-state index contributed by atoms with van der Waals surface area (Å²) >= 11 is 10.1. The van der Waals surface area contributed by atoms with Crippen molar-refractivity contribution in [1.29, 1.82) is 0 Å². The van der Waals surface area contributed by atoms with Crippen LogP contribution in [0, 0.1) is 0 Å². The third-order valence-corrected chi connectivity index (χ3v) is 6.30. The Labute approximate surface area is 165 Å². The summed E-state index contributed by atoms with van der Waals surface area (Å²) in [6, 6.07) is 5.73. The molecule has 7 heteroatoms. The molecule has 0 atom stereocenters. The number of halogens is 1. The number of benzene rings is 1. The third kappa shape index (κ3) is 3.29. The van der Waals surface area contributed by atoms with E-state index in [-0.39, 0.29) is 11.8 Å². The van der Waals surface area contributed by atoms with Crippen molar-refractivity contribution in [2.24, 2.45) is 0 Å². The van der Waals surface area contributed by atoms with Crippen molar-refractivity contribution in [3.8, 4) is 0 Å². The zero-order valence-corrected chi connectivity index (χ0v) is 17.4. The maximum atomic E-state index is 12.9. The predicted octanol–water partition coefficient (Wildman–Crippen LogP) is 4.58. The molecule has 25 heavy (non-hydrogen) atoms. The molecule has 132 valence electrons. The van der Waals surface area contributed by atoms with E-state index in [0.717, 1.165) is 35.0 Å². The highest BCUT2D eigenvalue weighted by Crippen LogP contribution is 2.45. The molecule has 1 fully saturated rings. The summed E-state index contributed by atoms with van der Waals surface area (Å²) in [4.78, 5) is 29.7. The number of nitrogens with zero attached hydrogens (tertiary/aromatic N) is 2. The van der Waals surface area contributed by atoms with E-state index in [1.807, 2.05) is 25.1 Å². The van der Waals surface area contributed by atoms with Crippen molar-refractivity contribution in [2.45, 2.75) is 33.1 Å². The maximum Gasteiger partial charge on any atom is 0.267 e. The first-order chi connectivity index (χ1) is 12.0. The summed E-state index contributed by atoms with van der Waals surface area (Å²) < 4.78 is 1.43. The standard InChI is InChI=1S/C18H19BrN2O2S2/c1-3-5-6-9-21-17(23)15(25-18(21)24)14-12-10-11(19)7-8-13(12)20(4-2)16(14)22/h7-8,10H,3-6,9H2,1-2H3/b15-14-. The van der Waals surface area contributed by atoms with E-state index >= 15 is 0 Å². The average Bonchev–Trinajstić information content (AvgIpc) is 3.01. The number of hydrogen-bond acceptors (Lipinski definition) is 4. The molecule has 0 saturated carbocycles. The van der Waals surface area contributed by atoms with Gasteiger partial charge in [-0.15, -0.1) is 0 Å². The number of anilines is 1. The van der Waals surface area contributed by atoms with Gasteiger partial charge in [0.05, 0.1) is 16.2 Å². The summed E-state index contributed by atoms with van der Waals surface area (Å²) in [5.74, 6) is -0.261. The Morgan fingerprint density at radius 3 is 2.56 bits per heavy atom. The van der Waals surface area contributed by atoms with Gasteiger partial charge in [0.25, 0.3) is 11.8 Å². The number of thiocarbonyl (C=S) groups is 1. The smallest absolute Gasteiger partial charge is 0.267 e. The van der Waals surface area contributed by atoms with Gasteiger partial charge in [0.15, 0.2) is 0 Å². The summed E-state index contributed by atoms with van der Waals surface area (Å²) in [6.45, 7) is 5.24. The van der Waals surface area contributed by atoms with Crippen molar-refractivity contribution in [2.75, 3.05) is 18.0 Å². The molecular weight excluding hydrogens is 420 g/mol. The molecule has 0 bridgehead atoms. The lowest BCUT2D eigenvalue weighted by atomic mass is 10.1. The second kappa shape index (κ2) is 7.60. The van der Waals surface area contributed by atoms with E-state index in [1.165, 1.54) is 11.8 Å². The number of amides is 2. The van der Waals surface area contributed by atoms with E-state index in [9.17, 15) is 9.59 Å². The van der Waals surface area contributed by atoms with Crippen LogP contribution < -0.4 is 4.90 Å². The van der Waals surface area contributed by atoms with Crippen molar-refractivity contribution in [3.63, 3.8) is 0 Å². The van der Waals surface area contributed by atoms with Gasteiger partial charge in [0, 0.05) is 23.1 Å². The quantitative estimate of drug-likeness (QED) is 0.383. The molecular formula is C18H19BrN2O2S2.